The van der Waals surface area contributed by atoms with E-state index in [0.717, 1.165) is 67.8 Å². The molecular formula is C29H37N5O4. The molecule has 2 saturated heterocycles. The van der Waals surface area contributed by atoms with Crippen LogP contribution in [0.15, 0.2) is 48.5 Å². The number of aromatic nitrogens is 2. The molecule has 2 aromatic carbocycles. The lowest BCUT2D eigenvalue weighted by molar-refractivity contribution is 0.0600. The number of benzene rings is 2. The minimum atomic E-state index is -0.328. The molecule has 0 aliphatic carbocycles. The zero-order valence-corrected chi connectivity index (χ0v) is 22.3. The Morgan fingerprint density at radius 1 is 0.974 bits per heavy atom. The van der Waals surface area contributed by atoms with Crippen molar-refractivity contribution in [3.8, 4) is 0 Å². The first-order valence-corrected chi connectivity index (χ1v) is 13.5. The molecule has 202 valence electrons. The first-order chi connectivity index (χ1) is 18.5. The van der Waals surface area contributed by atoms with Gasteiger partial charge in [0.25, 0.3) is 0 Å². The molecule has 2 aliphatic rings. The minimum Gasteiger partial charge on any atom is -0.465 e. The number of fused-ring (bicyclic) bond motifs is 1. The Morgan fingerprint density at radius 3 is 2.42 bits per heavy atom. The summed E-state index contributed by atoms with van der Waals surface area (Å²) in [6.07, 6.45) is 3.20. The van der Waals surface area contributed by atoms with Crippen LogP contribution >= 0.6 is 0 Å². The second kappa shape index (κ2) is 11.9. The van der Waals surface area contributed by atoms with Crippen molar-refractivity contribution in [3.63, 3.8) is 0 Å². The van der Waals surface area contributed by atoms with Crippen LogP contribution in [-0.2, 0) is 23.1 Å². The fraction of sp³-hybridized carbons (Fsp3) is 0.483. The normalized spacial score (nSPS) is 17.1. The largest absolute Gasteiger partial charge is 0.465 e. The number of carbonyl (C=O) groups excluding carboxylic acids is 2. The lowest BCUT2D eigenvalue weighted by atomic mass is 9.93. The molecule has 38 heavy (non-hydrogen) atoms. The number of hydrogen-bond acceptors (Lipinski definition) is 7. The third-order valence-electron chi connectivity index (χ3n) is 7.86. The second-order valence-corrected chi connectivity index (χ2v) is 10.3. The van der Waals surface area contributed by atoms with Crippen LogP contribution < -0.4 is 4.90 Å². The SMILES string of the molecule is COC(=O)c1ccc2c(c1)c(N1CCC(CCN3CCN(C(=O)OCc4ccccc4)CC3)CC1)nn2C. The number of amides is 1. The van der Waals surface area contributed by atoms with E-state index in [9.17, 15) is 9.59 Å². The van der Waals surface area contributed by atoms with Gasteiger partial charge in [0.15, 0.2) is 5.82 Å². The standard InChI is InChI=1S/C29H37N5O4/c1-31-26-9-8-24(28(35)37-2)20-25(26)27(30-31)33-14-11-22(12-15-33)10-13-32-16-18-34(19-17-32)29(36)38-21-23-6-4-3-5-7-23/h3-9,20,22H,10-19,21H2,1-2H3. The van der Waals surface area contributed by atoms with Gasteiger partial charge in [0.05, 0.1) is 18.2 Å². The Kier molecular flexibility index (Phi) is 8.12. The number of nitrogens with zero attached hydrogens (tertiary/aromatic N) is 5. The Labute approximate surface area is 223 Å². The fourth-order valence-corrected chi connectivity index (χ4v) is 5.49. The molecule has 1 amide bonds. The van der Waals surface area contributed by atoms with Crippen LogP contribution in [0.3, 0.4) is 0 Å². The topological polar surface area (TPSA) is 80.1 Å². The van der Waals surface area contributed by atoms with Crippen molar-refractivity contribution < 1.29 is 19.1 Å². The number of esters is 1. The first-order valence-electron chi connectivity index (χ1n) is 13.5. The number of piperidine rings is 1. The molecule has 0 N–H and O–H groups in total. The third kappa shape index (κ3) is 5.93. The molecular weight excluding hydrogens is 482 g/mol. The van der Waals surface area contributed by atoms with Gasteiger partial charge in [-0.3, -0.25) is 9.58 Å². The van der Waals surface area contributed by atoms with Crippen LogP contribution in [0.4, 0.5) is 10.6 Å². The number of aryl methyl sites for hydroxylation is 1. The van der Waals surface area contributed by atoms with Crippen LogP contribution in [0.5, 0.6) is 0 Å². The third-order valence-corrected chi connectivity index (χ3v) is 7.86. The zero-order chi connectivity index (χ0) is 26.5. The Morgan fingerprint density at radius 2 is 1.71 bits per heavy atom. The molecule has 0 unspecified atom stereocenters. The molecule has 2 fully saturated rings. The van der Waals surface area contributed by atoms with Gasteiger partial charge in [0.2, 0.25) is 0 Å². The average Bonchev–Trinajstić information content (AvgIpc) is 3.31. The smallest absolute Gasteiger partial charge is 0.410 e. The van der Waals surface area contributed by atoms with Gasteiger partial charge in [-0.25, -0.2) is 9.59 Å². The van der Waals surface area contributed by atoms with Crippen molar-refractivity contribution in [2.24, 2.45) is 13.0 Å². The molecule has 0 saturated carbocycles. The van der Waals surface area contributed by atoms with Crippen molar-refractivity contribution in [2.75, 3.05) is 57.8 Å². The number of methoxy groups -OCH3 is 1. The lowest BCUT2D eigenvalue weighted by Gasteiger charge is -2.36. The van der Waals surface area contributed by atoms with Crippen LogP contribution in [-0.4, -0.2) is 84.6 Å². The summed E-state index contributed by atoms with van der Waals surface area (Å²) in [6.45, 7) is 6.51. The molecule has 0 spiro atoms. The summed E-state index contributed by atoms with van der Waals surface area (Å²) in [6, 6.07) is 15.4. The molecule has 5 rings (SSSR count). The monoisotopic (exact) mass is 519 g/mol. The van der Waals surface area contributed by atoms with Crippen molar-refractivity contribution >= 4 is 28.8 Å². The molecule has 0 atom stereocenters. The van der Waals surface area contributed by atoms with E-state index in [-0.39, 0.29) is 12.1 Å². The number of hydrogen-bond donors (Lipinski definition) is 0. The lowest BCUT2D eigenvalue weighted by Crippen LogP contribution is -2.49. The molecule has 1 aromatic heterocycles. The maximum absolute atomic E-state index is 12.4. The summed E-state index contributed by atoms with van der Waals surface area (Å²) in [4.78, 5) is 31.1. The highest BCUT2D eigenvalue weighted by Gasteiger charge is 2.26. The van der Waals surface area contributed by atoms with Gasteiger partial charge in [-0.05, 0) is 55.5 Å². The van der Waals surface area contributed by atoms with Crippen molar-refractivity contribution in [2.45, 2.75) is 25.9 Å². The van der Waals surface area contributed by atoms with Crippen molar-refractivity contribution in [1.29, 1.82) is 0 Å². The number of anilines is 1. The molecule has 0 bridgehead atoms. The summed E-state index contributed by atoms with van der Waals surface area (Å²) in [5.41, 5.74) is 2.57. The summed E-state index contributed by atoms with van der Waals surface area (Å²) < 4.78 is 12.3. The quantitative estimate of drug-likeness (QED) is 0.438. The number of carbonyl (C=O) groups is 2. The van der Waals surface area contributed by atoms with Gasteiger partial charge >= 0.3 is 12.1 Å². The summed E-state index contributed by atoms with van der Waals surface area (Å²) in [5.74, 6) is 1.30. The first kappa shape index (κ1) is 26.0. The molecule has 9 nitrogen and oxygen atoms in total. The highest BCUT2D eigenvalue weighted by molar-refractivity contribution is 5.98. The van der Waals surface area contributed by atoms with Gasteiger partial charge in [0.1, 0.15) is 6.61 Å². The van der Waals surface area contributed by atoms with E-state index in [2.05, 4.69) is 9.80 Å². The van der Waals surface area contributed by atoms with Gasteiger partial charge in [-0.15, -0.1) is 0 Å². The molecule has 0 radical (unpaired) electrons. The Bertz CT molecular complexity index is 1240. The van der Waals surface area contributed by atoms with Crippen molar-refractivity contribution in [1.82, 2.24) is 19.6 Å². The predicted octanol–water partition coefficient (Wildman–Crippen LogP) is 3.92. The van der Waals surface area contributed by atoms with E-state index in [1.807, 2.05) is 59.1 Å². The Balaban J connectivity index is 1.06. The van der Waals surface area contributed by atoms with E-state index < -0.39 is 0 Å². The maximum Gasteiger partial charge on any atom is 0.410 e. The fourth-order valence-electron chi connectivity index (χ4n) is 5.49. The molecule has 3 aromatic rings. The zero-order valence-electron chi connectivity index (χ0n) is 22.3. The van der Waals surface area contributed by atoms with E-state index >= 15 is 0 Å². The van der Waals surface area contributed by atoms with E-state index in [4.69, 9.17) is 14.6 Å². The van der Waals surface area contributed by atoms with E-state index in [1.54, 1.807) is 6.07 Å². The number of rotatable bonds is 7. The minimum absolute atomic E-state index is 0.221. The summed E-state index contributed by atoms with van der Waals surface area (Å²) in [7, 11) is 3.35. The summed E-state index contributed by atoms with van der Waals surface area (Å²) >= 11 is 0. The highest BCUT2D eigenvalue weighted by Crippen LogP contribution is 2.31. The number of piperazine rings is 1. The predicted molar refractivity (Wildman–Crippen MR) is 146 cm³/mol. The molecule has 9 heteroatoms. The van der Waals surface area contributed by atoms with Crippen molar-refractivity contribution in [3.05, 3.63) is 59.7 Å². The molecule has 2 aliphatic heterocycles. The van der Waals surface area contributed by atoms with Crippen LogP contribution in [0.25, 0.3) is 10.9 Å². The Hall–Kier alpha value is -3.59. The van der Waals surface area contributed by atoms with Crippen LogP contribution in [0.2, 0.25) is 0 Å². The maximum atomic E-state index is 12.4. The van der Waals surface area contributed by atoms with Gasteiger partial charge < -0.3 is 19.3 Å². The van der Waals surface area contributed by atoms with E-state index in [0.29, 0.717) is 31.2 Å². The van der Waals surface area contributed by atoms with E-state index in [1.165, 1.54) is 13.5 Å². The van der Waals surface area contributed by atoms with Crippen LogP contribution in [0, 0.1) is 5.92 Å². The van der Waals surface area contributed by atoms with Gasteiger partial charge in [-0.2, -0.15) is 5.10 Å². The molecule has 3 heterocycles. The van der Waals surface area contributed by atoms with Gasteiger partial charge in [0, 0.05) is 51.7 Å². The second-order valence-electron chi connectivity index (χ2n) is 10.3. The average molecular weight is 520 g/mol. The summed E-state index contributed by atoms with van der Waals surface area (Å²) in [5, 5.41) is 5.77. The highest BCUT2D eigenvalue weighted by atomic mass is 16.6. The number of ether oxygens (including phenoxy) is 2. The van der Waals surface area contributed by atoms with Crippen LogP contribution in [0.1, 0.15) is 35.2 Å². The van der Waals surface area contributed by atoms with Gasteiger partial charge in [-0.1, -0.05) is 30.3 Å².